The molecule has 3 aromatic heterocycles. The van der Waals surface area contributed by atoms with Gasteiger partial charge in [-0.3, -0.25) is 9.29 Å². The van der Waals surface area contributed by atoms with E-state index in [1.54, 1.807) is 13.8 Å². The molecule has 35 heavy (non-hydrogen) atoms. The highest BCUT2D eigenvalue weighted by Gasteiger charge is 2.34. The maximum Gasteiger partial charge on any atom is 0.245 e. The Labute approximate surface area is 207 Å². The van der Waals surface area contributed by atoms with E-state index in [2.05, 4.69) is 34.9 Å². The van der Waals surface area contributed by atoms with Crippen LogP contribution in [-0.4, -0.2) is 69.2 Å². The van der Waals surface area contributed by atoms with Crippen LogP contribution >= 0.6 is 11.6 Å². The van der Waals surface area contributed by atoms with Crippen LogP contribution in [0.2, 0.25) is 5.02 Å². The van der Waals surface area contributed by atoms with Crippen LogP contribution in [0.25, 0.3) is 5.69 Å². The van der Waals surface area contributed by atoms with Gasteiger partial charge in [-0.15, -0.1) is 10.2 Å². The maximum absolute atomic E-state index is 13.4. The topological polar surface area (TPSA) is 156 Å². The molecule has 1 aliphatic rings. The van der Waals surface area contributed by atoms with Crippen molar-refractivity contribution in [2.45, 2.75) is 44.0 Å². The van der Waals surface area contributed by atoms with Crippen molar-refractivity contribution in [3.05, 3.63) is 35.4 Å². The molecule has 4 rings (SSSR count). The van der Waals surface area contributed by atoms with Crippen molar-refractivity contribution in [3.63, 3.8) is 0 Å². The van der Waals surface area contributed by atoms with Gasteiger partial charge in [-0.05, 0) is 19.8 Å². The molecule has 0 spiro atoms. The summed E-state index contributed by atoms with van der Waals surface area (Å²) < 4.78 is 47.4. The summed E-state index contributed by atoms with van der Waals surface area (Å²) in [7, 11) is -1.14. The Kier molecular flexibility index (Phi) is 7.33. The van der Waals surface area contributed by atoms with Crippen molar-refractivity contribution < 1.29 is 22.6 Å². The van der Waals surface area contributed by atoms with Crippen LogP contribution in [0.3, 0.4) is 0 Å². The number of sulfonamides is 1. The van der Waals surface area contributed by atoms with Crippen molar-refractivity contribution in [2.75, 3.05) is 25.5 Å². The normalized spacial score (nSPS) is 17.7. The Morgan fingerprint density at radius 1 is 1.11 bits per heavy atom. The van der Waals surface area contributed by atoms with Gasteiger partial charge in [-0.1, -0.05) is 18.5 Å². The molecule has 15 heteroatoms. The zero-order valence-corrected chi connectivity index (χ0v) is 21.1. The zero-order valence-electron chi connectivity index (χ0n) is 19.5. The van der Waals surface area contributed by atoms with Crippen molar-refractivity contribution in [2.24, 2.45) is 0 Å². The predicted octanol–water partition coefficient (Wildman–Crippen LogP) is 2.30. The first-order valence-corrected chi connectivity index (χ1v) is 12.7. The predicted molar refractivity (Wildman–Crippen MR) is 125 cm³/mol. The van der Waals surface area contributed by atoms with Gasteiger partial charge in [-0.2, -0.15) is 9.97 Å². The zero-order chi connectivity index (χ0) is 25.2. The third-order valence-electron chi connectivity index (χ3n) is 5.75. The van der Waals surface area contributed by atoms with Crippen molar-refractivity contribution in [1.29, 1.82) is 0 Å². The fourth-order valence-electron chi connectivity index (χ4n) is 3.67. The molecule has 0 radical (unpaired) electrons. The van der Waals surface area contributed by atoms with E-state index in [1.807, 2.05) is 0 Å². The van der Waals surface area contributed by atoms with Crippen molar-refractivity contribution in [1.82, 2.24) is 34.7 Å². The lowest BCUT2D eigenvalue weighted by atomic mass is 10.1. The number of rotatable bonds is 9. The number of aromatic nitrogens is 7. The van der Waals surface area contributed by atoms with Crippen LogP contribution in [0.4, 0.5) is 5.95 Å². The monoisotopic (exact) mass is 524 g/mol. The van der Waals surface area contributed by atoms with Gasteiger partial charge in [0.15, 0.2) is 11.5 Å². The second kappa shape index (κ2) is 10.3. The van der Waals surface area contributed by atoms with Crippen LogP contribution in [0, 0.1) is 0 Å². The minimum atomic E-state index is -4.00. The third-order valence-corrected chi connectivity index (χ3v) is 7.80. The maximum atomic E-state index is 13.4. The lowest BCUT2D eigenvalue weighted by Gasteiger charge is -2.21. The number of ether oxygens (including phenoxy) is 3. The van der Waals surface area contributed by atoms with Gasteiger partial charge in [0.05, 0.1) is 24.5 Å². The molecule has 188 valence electrons. The number of nitrogens with one attached hydrogen (secondary N) is 1. The van der Waals surface area contributed by atoms with Gasteiger partial charge in [0.2, 0.25) is 27.7 Å². The molecule has 0 bridgehead atoms. The van der Waals surface area contributed by atoms with Crippen molar-refractivity contribution >= 4 is 27.6 Å². The van der Waals surface area contributed by atoms with Crippen LogP contribution < -0.4 is 14.2 Å². The summed E-state index contributed by atoms with van der Waals surface area (Å²) >= 11 is 5.86. The molecular weight excluding hydrogens is 500 g/mol. The lowest BCUT2D eigenvalue weighted by molar-refractivity contribution is 0.103. The minimum Gasteiger partial charge on any atom is -0.479 e. The van der Waals surface area contributed by atoms with E-state index in [-0.39, 0.29) is 23.4 Å². The molecule has 0 aromatic carbocycles. The van der Waals surface area contributed by atoms with E-state index in [4.69, 9.17) is 25.8 Å². The number of hydrogen-bond donors (Lipinski definition) is 1. The Balaban J connectivity index is 1.76. The van der Waals surface area contributed by atoms with Gasteiger partial charge in [-0.25, -0.2) is 18.4 Å². The van der Waals surface area contributed by atoms with Crippen LogP contribution in [-0.2, 0) is 14.8 Å². The summed E-state index contributed by atoms with van der Waals surface area (Å²) in [5, 5.41) is 7.79. The van der Waals surface area contributed by atoms with Crippen LogP contribution in [0.15, 0.2) is 18.7 Å². The van der Waals surface area contributed by atoms with Gasteiger partial charge < -0.3 is 14.2 Å². The second-order valence-electron chi connectivity index (χ2n) is 7.86. The Morgan fingerprint density at radius 3 is 2.34 bits per heavy atom. The van der Waals surface area contributed by atoms with Gasteiger partial charge in [0, 0.05) is 24.9 Å². The molecule has 3 aromatic rings. The molecule has 1 N–H and O–H groups in total. The molecule has 1 aliphatic heterocycles. The van der Waals surface area contributed by atoms with E-state index < -0.39 is 27.3 Å². The molecule has 1 fully saturated rings. The molecule has 4 heterocycles. The molecular formula is C20H25ClN8O5S. The highest BCUT2D eigenvalue weighted by Crippen LogP contribution is 2.37. The summed E-state index contributed by atoms with van der Waals surface area (Å²) in [5.41, 5.74) is 0.243. The quantitative estimate of drug-likeness (QED) is 0.438. The summed E-state index contributed by atoms with van der Waals surface area (Å²) in [4.78, 5) is 16.6. The Morgan fingerprint density at radius 2 is 1.77 bits per heavy atom. The molecule has 0 saturated carbocycles. The Bertz CT molecular complexity index is 1260. The largest absolute Gasteiger partial charge is 0.479 e. The fourth-order valence-corrected chi connectivity index (χ4v) is 5.00. The number of methoxy groups -OCH3 is 2. The SMILES string of the molecule is COc1ncnc(OC)c1-n1c(NS(=O)(=O)C(C)C(C)c2ncc(Cl)cn2)nnc1[C@@H]1CCCO1. The van der Waals surface area contributed by atoms with Crippen molar-refractivity contribution in [3.8, 4) is 17.4 Å². The highest BCUT2D eigenvalue weighted by atomic mass is 35.5. The summed E-state index contributed by atoms with van der Waals surface area (Å²) in [6.07, 6.45) is 5.22. The fraction of sp³-hybridized carbons (Fsp3) is 0.500. The average molecular weight is 525 g/mol. The standard InChI is InChI=1S/C20H25ClN8O5S/c1-11(16-22-8-13(21)9-23-16)12(2)35(30,31)28-20-27-26-17(14-6-5-7-34-14)29(20)15-18(32-3)24-10-25-19(15)33-4/h8-12,14H,5-7H2,1-4H3,(H,27,28)/t11?,12?,14-/m0/s1. The molecule has 3 atom stereocenters. The number of nitrogens with zero attached hydrogens (tertiary/aromatic N) is 7. The molecule has 1 saturated heterocycles. The molecule has 13 nitrogen and oxygen atoms in total. The smallest absolute Gasteiger partial charge is 0.245 e. The van der Waals surface area contributed by atoms with E-state index in [1.165, 1.54) is 37.5 Å². The van der Waals surface area contributed by atoms with E-state index in [0.29, 0.717) is 29.7 Å². The first-order chi connectivity index (χ1) is 16.8. The number of halogens is 1. The van der Waals surface area contributed by atoms with Gasteiger partial charge in [0.25, 0.3) is 0 Å². The number of anilines is 1. The van der Waals surface area contributed by atoms with Crippen LogP contribution in [0.5, 0.6) is 11.8 Å². The van der Waals surface area contributed by atoms with E-state index in [9.17, 15) is 8.42 Å². The molecule has 0 aliphatic carbocycles. The summed E-state index contributed by atoms with van der Waals surface area (Å²) in [5.74, 6) is 0.363. The highest BCUT2D eigenvalue weighted by molar-refractivity contribution is 7.93. The summed E-state index contributed by atoms with van der Waals surface area (Å²) in [6, 6.07) is 0. The van der Waals surface area contributed by atoms with Crippen LogP contribution in [0.1, 0.15) is 50.4 Å². The first kappa shape index (κ1) is 25.0. The Hall–Kier alpha value is -3.10. The molecule has 2 unspecified atom stereocenters. The average Bonchev–Trinajstić information content (AvgIpc) is 3.52. The van der Waals surface area contributed by atoms with Gasteiger partial charge in [0.1, 0.15) is 18.3 Å². The minimum absolute atomic E-state index is 0.0852. The third kappa shape index (κ3) is 4.99. The number of hydrogen-bond acceptors (Lipinski definition) is 11. The van der Waals surface area contributed by atoms with E-state index in [0.717, 1.165) is 6.42 Å². The lowest BCUT2D eigenvalue weighted by Crippen LogP contribution is -2.31. The summed E-state index contributed by atoms with van der Waals surface area (Å²) in [6.45, 7) is 3.82. The molecule has 0 amide bonds. The first-order valence-electron chi connectivity index (χ1n) is 10.8. The second-order valence-corrected chi connectivity index (χ2v) is 10.3. The van der Waals surface area contributed by atoms with E-state index >= 15 is 0 Å². The van der Waals surface area contributed by atoms with Gasteiger partial charge >= 0.3 is 0 Å².